The first-order valence-corrected chi connectivity index (χ1v) is 6.58. The maximum absolute atomic E-state index is 3.62. The fraction of sp³-hybridized carbons (Fsp3) is 1.00. The van der Waals surface area contributed by atoms with Crippen LogP contribution in [0.2, 0.25) is 0 Å². The first-order valence-electron chi connectivity index (χ1n) is 6.58. The van der Waals surface area contributed by atoms with Crippen molar-refractivity contribution in [1.29, 1.82) is 0 Å². The highest BCUT2D eigenvalue weighted by Crippen LogP contribution is 2.20. The van der Waals surface area contributed by atoms with Crippen LogP contribution in [0.1, 0.15) is 52.9 Å². The van der Waals surface area contributed by atoms with Crippen LogP contribution in [-0.2, 0) is 0 Å². The molecule has 0 radical (unpaired) electrons. The largest absolute Gasteiger partial charge is 0.315 e. The molecule has 0 aliphatic carbocycles. The van der Waals surface area contributed by atoms with E-state index < -0.39 is 0 Å². The van der Waals surface area contributed by atoms with Gasteiger partial charge in [-0.3, -0.25) is 0 Å². The predicted octanol–water partition coefficient (Wildman–Crippen LogP) is 2.54. The molecule has 0 saturated carbocycles. The zero-order valence-electron chi connectivity index (χ0n) is 10.7. The quantitative estimate of drug-likeness (QED) is 0.707. The Morgan fingerprint density at radius 2 is 2.13 bits per heavy atom. The van der Waals surface area contributed by atoms with Gasteiger partial charge in [-0.1, -0.05) is 33.6 Å². The molecule has 15 heavy (non-hydrogen) atoms. The van der Waals surface area contributed by atoms with E-state index in [0.717, 1.165) is 19.1 Å². The molecule has 2 N–H and O–H groups in total. The highest BCUT2D eigenvalue weighted by atomic mass is 15.0. The van der Waals surface area contributed by atoms with Crippen LogP contribution in [0.4, 0.5) is 0 Å². The Bertz CT molecular complexity index is 160. The normalized spacial score (nSPS) is 23.0. The monoisotopic (exact) mass is 212 g/mol. The van der Waals surface area contributed by atoms with Crippen molar-refractivity contribution in [2.45, 2.75) is 58.9 Å². The molecular weight excluding hydrogens is 184 g/mol. The van der Waals surface area contributed by atoms with E-state index in [4.69, 9.17) is 0 Å². The molecule has 0 aromatic carbocycles. The number of piperidine rings is 1. The lowest BCUT2D eigenvalue weighted by Crippen LogP contribution is -2.43. The molecule has 0 spiro atoms. The summed E-state index contributed by atoms with van der Waals surface area (Å²) in [6, 6.07) is 0.719. The van der Waals surface area contributed by atoms with Crippen molar-refractivity contribution in [3.63, 3.8) is 0 Å². The molecule has 2 nitrogen and oxygen atoms in total. The minimum Gasteiger partial charge on any atom is -0.315 e. The van der Waals surface area contributed by atoms with E-state index in [9.17, 15) is 0 Å². The van der Waals surface area contributed by atoms with Crippen molar-refractivity contribution in [2.75, 3.05) is 19.6 Å². The van der Waals surface area contributed by atoms with E-state index in [2.05, 4.69) is 31.4 Å². The summed E-state index contributed by atoms with van der Waals surface area (Å²) in [7, 11) is 0. The van der Waals surface area contributed by atoms with E-state index in [-0.39, 0.29) is 0 Å². The Morgan fingerprint density at radius 1 is 1.33 bits per heavy atom. The van der Waals surface area contributed by atoms with Gasteiger partial charge in [0.05, 0.1) is 0 Å². The van der Waals surface area contributed by atoms with Crippen molar-refractivity contribution in [2.24, 2.45) is 5.41 Å². The second-order valence-corrected chi connectivity index (χ2v) is 5.69. The van der Waals surface area contributed by atoms with E-state index in [1.54, 1.807) is 0 Å². The molecule has 1 aliphatic heterocycles. The summed E-state index contributed by atoms with van der Waals surface area (Å²) >= 11 is 0. The molecule has 1 aliphatic rings. The van der Waals surface area contributed by atoms with Gasteiger partial charge in [-0.25, -0.2) is 0 Å². The average Bonchev–Trinajstić information content (AvgIpc) is 2.19. The lowest BCUT2D eigenvalue weighted by atomic mass is 9.88. The van der Waals surface area contributed by atoms with Crippen LogP contribution in [0.5, 0.6) is 0 Å². The van der Waals surface area contributed by atoms with Crippen molar-refractivity contribution in [1.82, 2.24) is 10.6 Å². The highest BCUT2D eigenvalue weighted by Gasteiger charge is 2.17. The van der Waals surface area contributed by atoms with Gasteiger partial charge < -0.3 is 10.6 Å². The number of hydrogen-bond donors (Lipinski definition) is 2. The van der Waals surface area contributed by atoms with Crippen LogP contribution in [-0.4, -0.2) is 25.7 Å². The van der Waals surface area contributed by atoms with Gasteiger partial charge in [-0.2, -0.15) is 0 Å². The lowest BCUT2D eigenvalue weighted by Gasteiger charge is -2.28. The van der Waals surface area contributed by atoms with Crippen LogP contribution in [0.15, 0.2) is 0 Å². The van der Waals surface area contributed by atoms with Crippen LogP contribution in [0.25, 0.3) is 0 Å². The van der Waals surface area contributed by atoms with Crippen molar-refractivity contribution in [3.05, 3.63) is 0 Å². The zero-order chi connectivity index (χ0) is 11.1. The van der Waals surface area contributed by atoms with Crippen molar-refractivity contribution in [3.8, 4) is 0 Å². The fourth-order valence-electron chi connectivity index (χ4n) is 2.45. The molecule has 1 rings (SSSR count). The molecule has 90 valence electrons. The third kappa shape index (κ3) is 5.53. The van der Waals surface area contributed by atoms with Crippen LogP contribution in [0, 0.1) is 5.41 Å². The molecule has 1 heterocycles. The molecule has 0 aromatic heterocycles. The Labute approximate surface area is 95.2 Å². The number of nitrogens with one attached hydrogen (secondary N) is 2. The number of hydrogen-bond acceptors (Lipinski definition) is 2. The molecule has 0 aromatic rings. The Balaban J connectivity index is 2.09. The summed E-state index contributed by atoms with van der Waals surface area (Å²) in [5.74, 6) is 0. The van der Waals surface area contributed by atoms with Crippen LogP contribution in [0.3, 0.4) is 0 Å². The Morgan fingerprint density at radius 3 is 2.73 bits per heavy atom. The summed E-state index contributed by atoms with van der Waals surface area (Å²) in [5.41, 5.74) is 0.462. The maximum atomic E-state index is 3.62. The molecular formula is C13H28N2. The van der Waals surface area contributed by atoms with Gasteiger partial charge in [0.15, 0.2) is 0 Å². The second kappa shape index (κ2) is 6.49. The lowest BCUT2D eigenvalue weighted by molar-refractivity contribution is 0.295. The topological polar surface area (TPSA) is 24.1 Å². The minimum absolute atomic E-state index is 0.462. The summed E-state index contributed by atoms with van der Waals surface area (Å²) in [6.07, 6.45) is 6.71. The molecule has 1 saturated heterocycles. The van der Waals surface area contributed by atoms with Crippen LogP contribution >= 0.6 is 0 Å². The summed E-state index contributed by atoms with van der Waals surface area (Å²) in [6.45, 7) is 10.5. The Hall–Kier alpha value is -0.0800. The molecule has 0 bridgehead atoms. The number of rotatable bonds is 6. The highest BCUT2D eigenvalue weighted by molar-refractivity contribution is 4.77. The van der Waals surface area contributed by atoms with E-state index in [0.29, 0.717) is 5.41 Å². The molecule has 1 fully saturated rings. The van der Waals surface area contributed by atoms with E-state index >= 15 is 0 Å². The smallest absolute Gasteiger partial charge is 0.0192 e. The van der Waals surface area contributed by atoms with Gasteiger partial charge in [0.2, 0.25) is 0 Å². The Kier molecular flexibility index (Phi) is 5.62. The standard InChI is InChI=1S/C13H28N2/c1-4-8-13(2,3)11-14-10-12-7-5-6-9-15-12/h12,14-15H,4-11H2,1-3H3. The average molecular weight is 212 g/mol. The van der Waals surface area contributed by atoms with E-state index in [1.165, 1.54) is 38.6 Å². The van der Waals surface area contributed by atoms with Gasteiger partial charge in [-0.15, -0.1) is 0 Å². The minimum atomic E-state index is 0.462. The first kappa shape index (κ1) is 13.0. The zero-order valence-corrected chi connectivity index (χ0v) is 10.7. The SMILES string of the molecule is CCCC(C)(C)CNCC1CCCCN1. The van der Waals surface area contributed by atoms with Gasteiger partial charge in [0.1, 0.15) is 0 Å². The van der Waals surface area contributed by atoms with Gasteiger partial charge in [0.25, 0.3) is 0 Å². The summed E-state index contributed by atoms with van der Waals surface area (Å²) in [4.78, 5) is 0. The summed E-state index contributed by atoms with van der Waals surface area (Å²) < 4.78 is 0. The molecule has 1 unspecified atom stereocenters. The second-order valence-electron chi connectivity index (χ2n) is 5.69. The van der Waals surface area contributed by atoms with Crippen molar-refractivity contribution >= 4 is 0 Å². The fourth-order valence-corrected chi connectivity index (χ4v) is 2.45. The van der Waals surface area contributed by atoms with Gasteiger partial charge >= 0.3 is 0 Å². The third-order valence-corrected chi connectivity index (χ3v) is 3.33. The van der Waals surface area contributed by atoms with Crippen LogP contribution < -0.4 is 10.6 Å². The first-order chi connectivity index (χ1) is 7.14. The van der Waals surface area contributed by atoms with E-state index in [1.807, 2.05) is 0 Å². The molecule has 2 heteroatoms. The predicted molar refractivity (Wildman–Crippen MR) is 67.2 cm³/mol. The maximum Gasteiger partial charge on any atom is 0.0192 e. The van der Waals surface area contributed by atoms with Gasteiger partial charge in [-0.05, 0) is 31.2 Å². The summed E-state index contributed by atoms with van der Waals surface area (Å²) in [5, 5.41) is 7.19. The van der Waals surface area contributed by atoms with Crippen molar-refractivity contribution < 1.29 is 0 Å². The van der Waals surface area contributed by atoms with Gasteiger partial charge in [0, 0.05) is 19.1 Å². The third-order valence-electron chi connectivity index (χ3n) is 3.33. The molecule has 1 atom stereocenters. The molecule has 0 amide bonds.